The summed E-state index contributed by atoms with van der Waals surface area (Å²) in [5.41, 5.74) is 1.23. The summed E-state index contributed by atoms with van der Waals surface area (Å²) in [6, 6.07) is 5.63. The van der Waals surface area contributed by atoms with Gasteiger partial charge in [-0.1, -0.05) is 12.8 Å². The van der Waals surface area contributed by atoms with E-state index in [0.717, 1.165) is 44.0 Å². The topological polar surface area (TPSA) is 55.8 Å². The van der Waals surface area contributed by atoms with Crippen LogP contribution in [0.4, 0.5) is 5.82 Å². The molecule has 6 nitrogen and oxygen atoms in total. The maximum Gasteiger partial charge on any atom is 0.191 e. The first-order valence-corrected chi connectivity index (χ1v) is 11.3. The lowest BCUT2D eigenvalue weighted by Gasteiger charge is -2.24. The molecule has 7 heteroatoms. The number of anilines is 1. The molecule has 2 N–H and O–H groups in total. The molecule has 0 spiro atoms. The number of aromatic nitrogens is 1. The van der Waals surface area contributed by atoms with Crippen LogP contribution in [0.1, 0.15) is 57.4 Å². The van der Waals surface area contributed by atoms with Gasteiger partial charge in [0.25, 0.3) is 0 Å². The molecule has 0 aromatic carbocycles. The van der Waals surface area contributed by atoms with Gasteiger partial charge in [-0.2, -0.15) is 0 Å². The van der Waals surface area contributed by atoms with Crippen molar-refractivity contribution in [3.05, 3.63) is 23.9 Å². The minimum Gasteiger partial charge on any atom is -0.357 e. The number of nitrogens with one attached hydrogen (secondary N) is 2. The number of halogens is 1. The number of pyridine rings is 1. The van der Waals surface area contributed by atoms with Crippen molar-refractivity contribution in [1.29, 1.82) is 0 Å². The van der Waals surface area contributed by atoms with Crippen LogP contribution in [0.2, 0.25) is 0 Å². The summed E-state index contributed by atoms with van der Waals surface area (Å²) >= 11 is 0. The van der Waals surface area contributed by atoms with Crippen molar-refractivity contribution in [2.24, 2.45) is 4.99 Å². The SMILES string of the molecule is CCNC(=NCc1ccnc(N2CCCC2)c1)NC1CCN(C2CCCC2)C1.I. The van der Waals surface area contributed by atoms with Gasteiger partial charge in [-0.3, -0.25) is 4.90 Å². The van der Waals surface area contributed by atoms with Crippen molar-refractivity contribution < 1.29 is 0 Å². The average Bonchev–Trinajstić information content (AvgIpc) is 3.49. The van der Waals surface area contributed by atoms with Crippen LogP contribution in [0.5, 0.6) is 0 Å². The third kappa shape index (κ3) is 6.20. The fourth-order valence-electron chi connectivity index (χ4n) is 4.87. The highest BCUT2D eigenvalue weighted by atomic mass is 127. The van der Waals surface area contributed by atoms with Gasteiger partial charge in [-0.05, 0) is 56.7 Å². The van der Waals surface area contributed by atoms with Crippen molar-refractivity contribution in [1.82, 2.24) is 20.5 Å². The standard InChI is InChI=1S/C22H36N6.HI/c1-2-23-22(26-19-10-14-28(17-19)20-7-3-4-8-20)25-16-18-9-11-24-21(15-18)27-12-5-6-13-27;/h9,11,15,19-20H,2-8,10,12-14,16-17H2,1H3,(H2,23,25,26);1H. The maximum atomic E-state index is 4.87. The highest BCUT2D eigenvalue weighted by molar-refractivity contribution is 14.0. The summed E-state index contributed by atoms with van der Waals surface area (Å²) in [7, 11) is 0. The third-order valence-corrected chi connectivity index (χ3v) is 6.41. The molecule has 0 bridgehead atoms. The predicted molar refractivity (Wildman–Crippen MR) is 131 cm³/mol. The fourth-order valence-corrected chi connectivity index (χ4v) is 4.87. The summed E-state index contributed by atoms with van der Waals surface area (Å²) in [4.78, 5) is 14.5. The molecule has 2 aliphatic heterocycles. The first-order valence-electron chi connectivity index (χ1n) is 11.3. The number of hydrogen-bond donors (Lipinski definition) is 2. The lowest BCUT2D eigenvalue weighted by Crippen LogP contribution is -2.45. The van der Waals surface area contributed by atoms with E-state index in [2.05, 4.69) is 44.5 Å². The molecule has 1 unspecified atom stereocenters. The molecule has 2 saturated heterocycles. The quantitative estimate of drug-likeness (QED) is 0.348. The molecule has 1 aromatic rings. The molecule has 0 amide bonds. The largest absolute Gasteiger partial charge is 0.357 e. The molecular formula is C22H37IN6. The van der Waals surface area contributed by atoms with E-state index < -0.39 is 0 Å². The molecule has 3 fully saturated rings. The van der Waals surface area contributed by atoms with Crippen molar-refractivity contribution in [3.8, 4) is 0 Å². The average molecular weight is 512 g/mol. The third-order valence-electron chi connectivity index (χ3n) is 6.41. The Bertz CT molecular complexity index is 654. The van der Waals surface area contributed by atoms with Gasteiger partial charge in [0.1, 0.15) is 5.82 Å². The van der Waals surface area contributed by atoms with E-state index in [1.54, 1.807) is 0 Å². The van der Waals surface area contributed by atoms with Gasteiger partial charge in [-0.15, -0.1) is 24.0 Å². The number of nitrogens with zero attached hydrogens (tertiary/aromatic N) is 4. The van der Waals surface area contributed by atoms with Crippen LogP contribution in [-0.4, -0.2) is 60.7 Å². The van der Waals surface area contributed by atoms with Crippen molar-refractivity contribution >= 4 is 35.8 Å². The summed E-state index contributed by atoms with van der Waals surface area (Å²) in [6.45, 7) is 8.35. The highest BCUT2D eigenvalue weighted by Crippen LogP contribution is 2.26. The summed E-state index contributed by atoms with van der Waals surface area (Å²) in [5, 5.41) is 7.11. The van der Waals surface area contributed by atoms with Crippen LogP contribution < -0.4 is 15.5 Å². The second-order valence-corrected chi connectivity index (χ2v) is 8.47. The molecule has 3 aliphatic rings. The molecule has 1 aliphatic carbocycles. The van der Waals surface area contributed by atoms with Crippen molar-refractivity contribution in [2.45, 2.75) is 70.5 Å². The Hall–Kier alpha value is -1.09. The second kappa shape index (κ2) is 11.3. The first kappa shape index (κ1) is 22.6. The van der Waals surface area contributed by atoms with Gasteiger partial charge >= 0.3 is 0 Å². The van der Waals surface area contributed by atoms with E-state index in [4.69, 9.17) is 4.99 Å². The van der Waals surface area contributed by atoms with Gasteiger partial charge in [0.2, 0.25) is 0 Å². The van der Waals surface area contributed by atoms with Crippen LogP contribution in [0.15, 0.2) is 23.3 Å². The van der Waals surface area contributed by atoms with E-state index in [1.807, 2.05) is 6.20 Å². The fraction of sp³-hybridized carbons (Fsp3) is 0.727. The Balaban J connectivity index is 0.00000240. The van der Waals surface area contributed by atoms with Crippen LogP contribution in [-0.2, 0) is 6.54 Å². The van der Waals surface area contributed by atoms with Crippen LogP contribution in [0.3, 0.4) is 0 Å². The zero-order valence-electron chi connectivity index (χ0n) is 17.8. The van der Waals surface area contributed by atoms with E-state index >= 15 is 0 Å². The zero-order valence-corrected chi connectivity index (χ0v) is 20.1. The zero-order chi connectivity index (χ0) is 19.2. The lowest BCUT2D eigenvalue weighted by atomic mass is 10.2. The van der Waals surface area contributed by atoms with Crippen LogP contribution in [0, 0.1) is 0 Å². The van der Waals surface area contributed by atoms with Gasteiger partial charge in [0, 0.05) is 51.0 Å². The number of likely N-dealkylation sites (tertiary alicyclic amines) is 1. The van der Waals surface area contributed by atoms with Crippen LogP contribution >= 0.6 is 24.0 Å². The van der Waals surface area contributed by atoms with Gasteiger partial charge in [0.05, 0.1) is 6.54 Å². The minimum atomic E-state index is 0. The van der Waals surface area contributed by atoms with E-state index in [0.29, 0.717) is 12.6 Å². The lowest BCUT2D eigenvalue weighted by molar-refractivity contribution is 0.242. The van der Waals surface area contributed by atoms with E-state index in [-0.39, 0.29) is 24.0 Å². The molecule has 162 valence electrons. The number of hydrogen-bond acceptors (Lipinski definition) is 4. The number of rotatable bonds is 6. The summed E-state index contributed by atoms with van der Waals surface area (Å²) in [6.07, 6.45) is 11.3. The Morgan fingerprint density at radius 2 is 1.93 bits per heavy atom. The minimum absolute atomic E-state index is 0. The first-order chi connectivity index (χ1) is 13.8. The second-order valence-electron chi connectivity index (χ2n) is 8.47. The Labute approximate surface area is 192 Å². The molecule has 1 saturated carbocycles. The Kier molecular flexibility index (Phi) is 8.84. The smallest absolute Gasteiger partial charge is 0.191 e. The molecule has 1 atom stereocenters. The van der Waals surface area contributed by atoms with Gasteiger partial charge in [-0.25, -0.2) is 9.98 Å². The van der Waals surface area contributed by atoms with Gasteiger partial charge < -0.3 is 15.5 Å². The summed E-state index contributed by atoms with van der Waals surface area (Å²) < 4.78 is 0. The maximum absolute atomic E-state index is 4.87. The normalized spacial score (nSPS) is 23.4. The van der Waals surface area contributed by atoms with Crippen molar-refractivity contribution in [3.63, 3.8) is 0 Å². The van der Waals surface area contributed by atoms with Crippen LogP contribution in [0.25, 0.3) is 0 Å². The molecule has 3 heterocycles. The van der Waals surface area contributed by atoms with E-state index in [9.17, 15) is 0 Å². The van der Waals surface area contributed by atoms with Gasteiger partial charge in [0.15, 0.2) is 5.96 Å². The molecule has 0 radical (unpaired) electrons. The Morgan fingerprint density at radius 1 is 1.14 bits per heavy atom. The molecule has 29 heavy (non-hydrogen) atoms. The molecular weight excluding hydrogens is 475 g/mol. The summed E-state index contributed by atoms with van der Waals surface area (Å²) in [5.74, 6) is 2.05. The Morgan fingerprint density at radius 3 is 2.69 bits per heavy atom. The van der Waals surface area contributed by atoms with Crippen molar-refractivity contribution in [2.75, 3.05) is 37.6 Å². The number of guanidine groups is 1. The monoisotopic (exact) mass is 512 g/mol. The molecule has 1 aromatic heterocycles. The number of aliphatic imine (C=N–C) groups is 1. The highest BCUT2D eigenvalue weighted by Gasteiger charge is 2.30. The van der Waals surface area contributed by atoms with E-state index in [1.165, 1.54) is 57.1 Å². The predicted octanol–water partition coefficient (Wildman–Crippen LogP) is 3.37. The molecule has 4 rings (SSSR count).